The topological polar surface area (TPSA) is 38.3 Å². The number of hydrogen-bond donors (Lipinski definition) is 1. The van der Waals surface area contributed by atoms with Gasteiger partial charge in [0.15, 0.2) is 5.60 Å². The zero-order valence-corrected chi connectivity index (χ0v) is 13.5. The van der Waals surface area contributed by atoms with Gasteiger partial charge in [-0.1, -0.05) is 55.5 Å². The van der Waals surface area contributed by atoms with Crippen LogP contribution in [0.4, 0.5) is 5.69 Å². The molecule has 2 aromatic rings. The highest BCUT2D eigenvalue weighted by molar-refractivity contribution is 5.98. The van der Waals surface area contributed by atoms with Crippen LogP contribution in [0.25, 0.3) is 5.76 Å². The lowest BCUT2D eigenvalue weighted by molar-refractivity contribution is -0.133. The van der Waals surface area contributed by atoms with Crippen LogP contribution in [0.2, 0.25) is 0 Å². The van der Waals surface area contributed by atoms with Gasteiger partial charge in [-0.05, 0) is 31.6 Å². The highest BCUT2D eigenvalue weighted by atomic mass is 16.5. The average molecular weight is 307 g/mol. The van der Waals surface area contributed by atoms with E-state index in [1.807, 2.05) is 67.6 Å². The van der Waals surface area contributed by atoms with Crippen molar-refractivity contribution in [2.45, 2.75) is 25.9 Å². The molecular weight excluding hydrogens is 286 g/mol. The van der Waals surface area contributed by atoms with Crippen LogP contribution in [0.1, 0.15) is 25.8 Å². The Morgan fingerprint density at radius 3 is 2.30 bits per heavy atom. The fraction of sp³-hybridized carbons (Fsp3) is 0.250. The number of amides is 1. The quantitative estimate of drug-likeness (QED) is 0.904. The molecule has 23 heavy (non-hydrogen) atoms. The van der Waals surface area contributed by atoms with Crippen LogP contribution < -0.4 is 5.32 Å². The van der Waals surface area contributed by atoms with Gasteiger partial charge in [-0.25, -0.2) is 0 Å². The number of ether oxygens (including phenoxy) is 1. The average Bonchev–Trinajstić information content (AvgIpc) is 2.95. The molecule has 2 unspecified atom stereocenters. The fourth-order valence-corrected chi connectivity index (χ4v) is 2.94. The third kappa shape index (κ3) is 3.00. The van der Waals surface area contributed by atoms with Gasteiger partial charge in [-0.2, -0.15) is 0 Å². The summed E-state index contributed by atoms with van der Waals surface area (Å²) in [6.07, 6.45) is 2.91. The van der Waals surface area contributed by atoms with Crippen molar-refractivity contribution in [3.63, 3.8) is 0 Å². The third-order valence-electron chi connectivity index (χ3n) is 4.36. The molecule has 1 N–H and O–H groups in total. The maximum Gasteiger partial charge on any atom is 0.268 e. The zero-order chi connectivity index (χ0) is 16.3. The molecule has 0 saturated carbocycles. The van der Waals surface area contributed by atoms with Crippen molar-refractivity contribution in [3.8, 4) is 0 Å². The van der Waals surface area contributed by atoms with Crippen molar-refractivity contribution in [2.75, 3.05) is 5.32 Å². The third-order valence-corrected chi connectivity index (χ3v) is 4.36. The number of benzene rings is 2. The van der Waals surface area contributed by atoms with Gasteiger partial charge in [0.25, 0.3) is 5.91 Å². The van der Waals surface area contributed by atoms with Crippen LogP contribution >= 0.6 is 0 Å². The lowest BCUT2D eigenvalue weighted by Crippen LogP contribution is -2.45. The molecule has 3 rings (SSSR count). The minimum absolute atomic E-state index is 0.0430. The van der Waals surface area contributed by atoms with E-state index in [-0.39, 0.29) is 11.8 Å². The Kier molecular flexibility index (Phi) is 4.20. The number of carbonyl (C=O) groups excluding carboxylic acids is 1. The predicted octanol–water partition coefficient (Wildman–Crippen LogP) is 4.48. The Balaban J connectivity index is 1.82. The van der Waals surface area contributed by atoms with Crippen molar-refractivity contribution in [2.24, 2.45) is 5.92 Å². The Morgan fingerprint density at radius 1 is 1.09 bits per heavy atom. The predicted molar refractivity (Wildman–Crippen MR) is 92.8 cm³/mol. The molecule has 2 atom stereocenters. The second-order valence-electron chi connectivity index (χ2n) is 5.94. The number of anilines is 1. The molecule has 3 heteroatoms. The van der Waals surface area contributed by atoms with Gasteiger partial charge in [0.05, 0.1) is 0 Å². The Labute approximate surface area is 137 Å². The molecule has 118 valence electrons. The smallest absolute Gasteiger partial charge is 0.268 e. The second-order valence-corrected chi connectivity index (χ2v) is 5.94. The molecule has 2 aromatic carbocycles. The molecule has 0 bridgehead atoms. The van der Waals surface area contributed by atoms with E-state index in [1.54, 1.807) is 0 Å². The van der Waals surface area contributed by atoms with E-state index in [0.29, 0.717) is 0 Å². The van der Waals surface area contributed by atoms with Crippen molar-refractivity contribution >= 4 is 17.4 Å². The van der Waals surface area contributed by atoms with Crippen molar-refractivity contribution in [1.29, 1.82) is 0 Å². The summed E-state index contributed by atoms with van der Waals surface area (Å²) >= 11 is 0. The number of nitrogens with one attached hydrogen (secondary N) is 1. The minimum atomic E-state index is -0.893. The summed E-state index contributed by atoms with van der Waals surface area (Å²) in [5.41, 5.74) is 0.892. The molecule has 3 nitrogen and oxygen atoms in total. The van der Waals surface area contributed by atoms with E-state index in [9.17, 15) is 4.79 Å². The lowest BCUT2D eigenvalue weighted by atomic mass is 9.87. The van der Waals surface area contributed by atoms with Gasteiger partial charge in [-0.15, -0.1) is 0 Å². The summed E-state index contributed by atoms with van der Waals surface area (Å²) in [6, 6.07) is 19.4. The van der Waals surface area contributed by atoms with Crippen LogP contribution in [0, 0.1) is 5.92 Å². The van der Waals surface area contributed by atoms with Crippen molar-refractivity contribution < 1.29 is 9.53 Å². The summed E-state index contributed by atoms with van der Waals surface area (Å²) in [4.78, 5) is 12.8. The van der Waals surface area contributed by atoms with Crippen LogP contribution in [0.15, 0.2) is 66.7 Å². The molecule has 0 spiro atoms. The molecule has 0 saturated heterocycles. The van der Waals surface area contributed by atoms with E-state index in [1.165, 1.54) is 0 Å². The van der Waals surface area contributed by atoms with Gasteiger partial charge in [0.1, 0.15) is 5.76 Å². The van der Waals surface area contributed by atoms with Crippen molar-refractivity contribution in [3.05, 3.63) is 72.3 Å². The number of rotatable bonds is 4. The van der Waals surface area contributed by atoms with Gasteiger partial charge < -0.3 is 10.1 Å². The SMILES string of the molecule is CCC1C=C(c2ccccc2)OC1(C)C(=O)Nc1ccccc1. The summed E-state index contributed by atoms with van der Waals surface area (Å²) in [5, 5.41) is 2.96. The summed E-state index contributed by atoms with van der Waals surface area (Å²) in [6.45, 7) is 3.94. The first-order chi connectivity index (χ1) is 11.1. The van der Waals surface area contributed by atoms with Crippen LogP contribution in [0.5, 0.6) is 0 Å². The van der Waals surface area contributed by atoms with Gasteiger partial charge in [-0.3, -0.25) is 4.79 Å². The van der Waals surface area contributed by atoms with Crippen LogP contribution in [-0.4, -0.2) is 11.5 Å². The number of hydrogen-bond acceptors (Lipinski definition) is 2. The minimum Gasteiger partial charge on any atom is -0.477 e. The monoisotopic (exact) mass is 307 g/mol. The normalized spacial score (nSPS) is 23.0. The Morgan fingerprint density at radius 2 is 1.70 bits per heavy atom. The lowest BCUT2D eigenvalue weighted by Gasteiger charge is -2.29. The first kappa shape index (κ1) is 15.3. The highest BCUT2D eigenvalue weighted by Crippen LogP contribution is 2.40. The number of carbonyl (C=O) groups is 1. The van der Waals surface area contributed by atoms with Crippen LogP contribution in [-0.2, 0) is 9.53 Å². The van der Waals surface area contributed by atoms with E-state index in [2.05, 4.69) is 18.3 Å². The zero-order valence-electron chi connectivity index (χ0n) is 13.5. The van der Waals surface area contributed by atoms with Gasteiger partial charge >= 0.3 is 0 Å². The van der Waals surface area contributed by atoms with E-state index < -0.39 is 5.60 Å². The molecule has 1 aliphatic rings. The van der Waals surface area contributed by atoms with E-state index >= 15 is 0 Å². The molecule has 1 aliphatic heterocycles. The Bertz CT molecular complexity index is 709. The fourth-order valence-electron chi connectivity index (χ4n) is 2.94. The second kappa shape index (κ2) is 6.29. The summed E-state index contributed by atoms with van der Waals surface area (Å²) in [7, 11) is 0. The summed E-state index contributed by atoms with van der Waals surface area (Å²) in [5.74, 6) is 0.710. The molecule has 0 radical (unpaired) electrons. The first-order valence-electron chi connectivity index (χ1n) is 7.96. The Hall–Kier alpha value is -2.55. The maximum absolute atomic E-state index is 12.8. The van der Waals surface area contributed by atoms with Gasteiger partial charge in [0, 0.05) is 17.2 Å². The summed E-state index contributed by atoms with van der Waals surface area (Å²) < 4.78 is 6.12. The molecule has 0 fully saturated rings. The molecule has 0 aromatic heterocycles. The van der Waals surface area contributed by atoms with E-state index in [4.69, 9.17) is 4.74 Å². The largest absolute Gasteiger partial charge is 0.477 e. The van der Waals surface area contributed by atoms with Crippen LogP contribution in [0.3, 0.4) is 0 Å². The molecular formula is C20H21NO2. The van der Waals surface area contributed by atoms with Crippen molar-refractivity contribution in [1.82, 2.24) is 0 Å². The van der Waals surface area contributed by atoms with Gasteiger partial charge in [0.2, 0.25) is 0 Å². The molecule has 1 amide bonds. The molecule has 0 aliphatic carbocycles. The highest BCUT2D eigenvalue weighted by Gasteiger charge is 2.46. The maximum atomic E-state index is 12.8. The number of para-hydroxylation sites is 1. The van der Waals surface area contributed by atoms with E-state index in [0.717, 1.165) is 23.4 Å². The standard InChI is InChI=1S/C20H21NO2/c1-3-16-14-18(15-10-6-4-7-11-15)23-20(16,2)19(22)21-17-12-8-5-9-13-17/h4-14,16H,3H2,1-2H3,(H,21,22). The first-order valence-corrected chi connectivity index (χ1v) is 7.96. The molecule has 1 heterocycles.